The second kappa shape index (κ2) is 6.07. The summed E-state index contributed by atoms with van der Waals surface area (Å²) in [5.41, 5.74) is 5.96. The van der Waals surface area contributed by atoms with Crippen molar-refractivity contribution < 1.29 is 0 Å². The molecular formula is C22H14BrN3. The van der Waals surface area contributed by atoms with Gasteiger partial charge in [0.15, 0.2) is 0 Å². The normalized spacial score (nSPS) is 11.3. The SMILES string of the molecule is Brc1ccccc1-c1nc2ccccc2c2c1ncn2-c1ccccc1. The van der Waals surface area contributed by atoms with E-state index < -0.39 is 0 Å². The van der Waals surface area contributed by atoms with Crippen LogP contribution in [-0.4, -0.2) is 14.5 Å². The van der Waals surface area contributed by atoms with Crippen LogP contribution in [0.3, 0.4) is 0 Å². The van der Waals surface area contributed by atoms with E-state index in [-0.39, 0.29) is 0 Å². The smallest absolute Gasteiger partial charge is 0.116 e. The predicted molar refractivity (Wildman–Crippen MR) is 110 cm³/mol. The average Bonchev–Trinajstić information content (AvgIpc) is 3.14. The number of pyridine rings is 1. The molecule has 5 rings (SSSR count). The Morgan fingerprint density at radius 2 is 1.50 bits per heavy atom. The van der Waals surface area contributed by atoms with Gasteiger partial charge in [0.1, 0.15) is 11.8 Å². The summed E-state index contributed by atoms with van der Waals surface area (Å²) in [6, 6.07) is 26.7. The molecule has 0 N–H and O–H groups in total. The van der Waals surface area contributed by atoms with E-state index in [1.54, 1.807) is 0 Å². The van der Waals surface area contributed by atoms with Crippen molar-refractivity contribution in [1.82, 2.24) is 14.5 Å². The van der Waals surface area contributed by atoms with E-state index in [1.165, 1.54) is 0 Å². The highest BCUT2D eigenvalue weighted by Gasteiger charge is 2.17. The van der Waals surface area contributed by atoms with Crippen LogP contribution in [-0.2, 0) is 0 Å². The second-order valence-electron chi connectivity index (χ2n) is 6.10. The molecule has 3 nitrogen and oxygen atoms in total. The fourth-order valence-electron chi connectivity index (χ4n) is 3.35. The lowest BCUT2D eigenvalue weighted by Gasteiger charge is -2.10. The highest BCUT2D eigenvalue weighted by molar-refractivity contribution is 9.10. The Bertz CT molecular complexity index is 1240. The van der Waals surface area contributed by atoms with Crippen molar-refractivity contribution in [3.05, 3.63) is 89.7 Å². The van der Waals surface area contributed by atoms with Crippen LogP contribution in [0.4, 0.5) is 0 Å². The van der Waals surface area contributed by atoms with Crippen molar-refractivity contribution in [2.24, 2.45) is 0 Å². The number of nitrogens with zero attached hydrogens (tertiary/aromatic N) is 3. The lowest BCUT2D eigenvalue weighted by Crippen LogP contribution is -1.95. The van der Waals surface area contributed by atoms with E-state index in [2.05, 4.69) is 50.8 Å². The van der Waals surface area contributed by atoms with Crippen molar-refractivity contribution in [2.75, 3.05) is 0 Å². The number of aromatic nitrogens is 3. The maximum atomic E-state index is 4.94. The van der Waals surface area contributed by atoms with Crippen LogP contribution in [0.5, 0.6) is 0 Å². The Labute approximate surface area is 159 Å². The molecule has 26 heavy (non-hydrogen) atoms. The van der Waals surface area contributed by atoms with Gasteiger partial charge in [-0.15, -0.1) is 0 Å². The van der Waals surface area contributed by atoms with Crippen molar-refractivity contribution >= 4 is 37.9 Å². The summed E-state index contributed by atoms with van der Waals surface area (Å²) in [5.74, 6) is 0. The van der Waals surface area contributed by atoms with Crippen LogP contribution in [0.2, 0.25) is 0 Å². The molecule has 4 heteroatoms. The highest BCUT2D eigenvalue weighted by Crippen LogP contribution is 2.35. The number of para-hydroxylation sites is 2. The van der Waals surface area contributed by atoms with E-state index in [0.717, 1.165) is 43.4 Å². The van der Waals surface area contributed by atoms with Crippen LogP contribution in [0.25, 0.3) is 38.9 Å². The molecule has 0 aliphatic rings. The Hall–Kier alpha value is -2.98. The Morgan fingerprint density at radius 1 is 0.769 bits per heavy atom. The van der Waals surface area contributed by atoms with Gasteiger partial charge in [0.25, 0.3) is 0 Å². The van der Waals surface area contributed by atoms with E-state index in [1.807, 2.05) is 54.9 Å². The van der Waals surface area contributed by atoms with Gasteiger partial charge in [-0.25, -0.2) is 9.97 Å². The van der Waals surface area contributed by atoms with Crippen molar-refractivity contribution in [3.63, 3.8) is 0 Å². The monoisotopic (exact) mass is 399 g/mol. The fourth-order valence-corrected chi connectivity index (χ4v) is 3.82. The molecule has 124 valence electrons. The maximum Gasteiger partial charge on any atom is 0.116 e. The molecule has 0 spiro atoms. The van der Waals surface area contributed by atoms with Gasteiger partial charge in [-0.3, -0.25) is 4.57 Å². The molecule has 0 bridgehead atoms. The molecule has 0 aliphatic carbocycles. The van der Waals surface area contributed by atoms with Crippen molar-refractivity contribution in [1.29, 1.82) is 0 Å². The molecule has 0 atom stereocenters. The third-order valence-corrected chi connectivity index (χ3v) is 5.24. The van der Waals surface area contributed by atoms with Crippen LogP contribution < -0.4 is 0 Å². The lowest BCUT2D eigenvalue weighted by atomic mass is 10.1. The second-order valence-corrected chi connectivity index (χ2v) is 6.96. The molecule has 5 aromatic rings. The number of hydrogen-bond donors (Lipinski definition) is 0. The fraction of sp³-hybridized carbons (Fsp3) is 0. The number of hydrogen-bond acceptors (Lipinski definition) is 2. The Morgan fingerprint density at radius 3 is 2.35 bits per heavy atom. The molecule has 2 heterocycles. The van der Waals surface area contributed by atoms with Crippen LogP contribution in [0.15, 0.2) is 89.7 Å². The Balaban J connectivity index is 1.94. The van der Waals surface area contributed by atoms with E-state index in [0.29, 0.717) is 0 Å². The van der Waals surface area contributed by atoms with Crippen LogP contribution in [0.1, 0.15) is 0 Å². The highest BCUT2D eigenvalue weighted by atomic mass is 79.9. The third-order valence-electron chi connectivity index (χ3n) is 4.55. The summed E-state index contributed by atoms with van der Waals surface area (Å²) in [5, 5.41) is 1.10. The zero-order valence-corrected chi connectivity index (χ0v) is 15.4. The topological polar surface area (TPSA) is 30.7 Å². The lowest BCUT2D eigenvalue weighted by molar-refractivity contribution is 1.10. The number of halogens is 1. The molecule has 0 saturated heterocycles. The predicted octanol–water partition coefficient (Wildman–Crippen LogP) is 6.00. The summed E-state index contributed by atoms with van der Waals surface area (Å²) < 4.78 is 3.15. The minimum Gasteiger partial charge on any atom is -0.298 e. The first-order chi connectivity index (χ1) is 12.8. The molecule has 0 amide bonds. The molecular weight excluding hydrogens is 386 g/mol. The minimum atomic E-state index is 0.890. The van der Waals surface area contributed by atoms with Crippen LogP contribution in [0, 0.1) is 0 Å². The molecule has 2 aromatic heterocycles. The van der Waals surface area contributed by atoms with Gasteiger partial charge in [-0.05, 0) is 24.3 Å². The zero-order chi connectivity index (χ0) is 17.5. The number of fused-ring (bicyclic) bond motifs is 3. The summed E-state index contributed by atoms with van der Waals surface area (Å²) in [7, 11) is 0. The van der Waals surface area contributed by atoms with Gasteiger partial charge in [0, 0.05) is 21.1 Å². The van der Waals surface area contributed by atoms with E-state index >= 15 is 0 Å². The summed E-state index contributed by atoms with van der Waals surface area (Å²) >= 11 is 3.66. The molecule has 0 radical (unpaired) electrons. The first-order valence-corrected chi connectivity index (χ1v) is 9.18. The molecule has 0 saturated carbocycles. The number of imidazole rings is 1. The van der Waals surface area contributed by atoms with Crippen LogP contribution >= 0.6 is 15.9 Å². The van der Waals surface area contributed by atoms with Gasteiger partial charge >= 0.3 is 0 Å². The largest absolute Gasteiger partial charge is 0.298 e. The number of benzene rings is 3. The molecule has 0 fully saturated rings. The van der Waals surface area contributed by atoms with Gasteiger partial charge in [-0.1, -0.05) is 70.5 Å². The third kappa shape index (κ3) is 2.34. The maximum absolute atomic E-state index is 4.94. The van der Waals surface area contributed by atoms with Crippen molar-refractivity contribution in [3.8, 4) is 16.9 Å². The minimum absolute atomic E-state index is 0.890. The van der Waals surface area contributed by atoms with E-state index in [4.69, 9.17) is 9.97 Å². The average molecular weight is 400 g/mol. The quantitative estimate of drug-likeness (QED) is 0.364. The van der Waals surface area contributed by atoms with Crippen molar-refractivity contribution in [2.45, 2.75) is 0 Å². The molecule has 3 aromatic carbocycles. The Kier molecular flexibility index (Phi) is 3.57. The standard InChI is InChI=1S/C22H14BrN3/c23-18-12-6-4-10-16(18)20-21-22(17-11-5-7-13-19(17)25-20)26(14-24-21)15-8-2-1-3-9-15/h1-14H. The van der Waals surface area contributed by atoms with Gasteiger partial charge in [-0.2, -0.15) is 0 Å². The summed E-state index contributed by atoms with van der Waals surface area (Å²) in [4.78, 5) is 9.68. The zero-order valence-electron chi connectivity index (χ0n) is 13.8. The summed E-state index contributed by atoms with van der Waals surface area (Å²) in [6.07, 6.45) is 1.88. The summed E-state index contributed by atoms with van der Waals surface area (Å²) in [6.45, 7) is 0. The van der Waals surface area contributed by atoms with Gasteiger partial charge < -0.3 is 0 Å². The molecule has 0 unspecified atom stereocenters. The molecule has 0 aliphatic heterocycles. The first kappa shape index (κ1) is 15.3. The van der Waals surface area contributed by atoms with E-state index in [9.17, 15) is 0 Å². The number of rotatable bonds is 2. The van der Waals surface area contributed by atoms with Gasteiger partial charge in [0.05, 0.1) is 16.7 Å². The first-order valence-electron chi connectivity index (χ1n) is 8.39. The van der Waals surface area contributed by atoms with Gasteiger partial charge in [0.2, 0.25) is 0 Å².